The first kappa shape index (κ1) is 20.6. The third-order valence-electron chi connectivity index (χ3n) is 6.02. The summed E-state index contributed by atoms with van der Waals surface area (Å²) in [6.07, 6.45) is 9.05. The van der Waals surface area contributed by atoms with Gasteiger partial charge >= 0.3 is 6.03 Å². The van der Waals surface area contributed by atoms with Gasteiger partial charge in [-0.2, -0.15) is 0 Å². The van der Waals surface area contributed by atoms with Crippen LogP contribution >= 0.6 is 0 Å². The molecule has 3 aliphatic rings. The van der Waals surface area contributed by atoms with E-state index < -0.39 is 0 Å². The fourth-order valence-corrected chi connectivity index (χ4v) is 4.18. The molecule has 0 atom stereocenters. The molecule has 1 aromatic rings. The second-order valence-corrected chi connectivity index (χ2v) is 8.04. The number of ether oxygens (including phenoxy) is 1. The predicted octanol–water partition coefficient (Wildman–Crippen LogP) is 3.44. The molecule has 1 saturated heterocycles. The lowest BCUT2D eigenvalue weighted by molar-refractivity contribution is 0.154. The second-order valence-electron chi connectivity index (χ2n) is 8.04. The number of allylic oxidation sites excluding steroid dienone is 2. The van der Waals surface area contributed by atoms with Crippen LogP contribution in [-0.2, 0) is 11.3 Å². The molecule has 0 saturated carbocycles. The molecule has 1 aromatic heterocycles. The Morgan fingerprint density at radius 2 is 2.20 bits per heavy atom. The molecule has 30 heavy (non-hydrogen) atoms. The van der Waals surface area contributed by atoms with E-state index in [1.807, 2.05) is 4.90 Å². The highest BCUT2D eigenvalue weighted by molar-refractivity contribution is 5.75. The fraction of sp³-hybridized carbons (Fsp3) is 0.478. The van der Waals surface area contributed by atoms with Crippen molar-refractivity contribution in [3.8, 4) is 0 Å². The van der Waals surface area contributed by atoms with E-state index in [4.69, 9.17) is 4.74 Å². The molecule has 7 heteroatoms. The lowest BCUT2D eigenvalue weighted by Crippen LogP contribution is -2.50. The number of urea groups is 1. The summed E-state index contributed by atoms with van der Waals surface area (Å²) in [7, 11) is 0. The minimum atomic E-state index is -0.372. The van der Waals surface area contributed by atoms with Gasteiger partial charge in [0.05, 0.1) is 25.0 Å². The van der Waals surface area contributed by atoms with Crippen LogP contribution in [0.25, 0.3) is 0 Å². The van der Waals surface area contributed by atoms with Gasteiger partial charge in [-0.15, -0.1) is 0 Å². The molecule has 0 unspecified atom stereocenters. The average molecular weight is 413 g/mol. The number of rotatable bonds is 5. The zero-order valence-electron chi connectivity index (χ0n) is 17.4. The van der Waals surface area contributed by atoms with Crippen LogP contribution in [0, 0.1) is 5.82 Å². The SMILES string of the molecule is CC1=CCC2=C(C=C1CNC(=O)N(Cc1ccc(F)cn1)C1CCNCC1)CCO2. The standard InChI is InChI=1S/C23H29FN4O2/c1-16-2-5-22-17(8-11-30-22)12-18(16)13-27-23(29)28(21-6-9-25-10-7-21)15-20-4-3-19(24)14-26-20/h2-4,12,14,21,25H,5-11,13,15H2,1H3,(H,27,29). The lowest BCUT2D eigenvalue weighted by Gasteiger charge is -2.34. The van der Waals surface area contributed by atoms with E-state index in [1.165, 1.54) is 23.4 Å². The highest BCUT2D eigenvalue weighted by Gasteiger charge is 2.26. The first-order valence-corrected chi connectivity index (χ1v) is 10.7. The van der Waals surface area contributed by atoms with Gasteiger partial charge in [0.1, 0.15) is 11.6 Å². The first-order valence-electron chi connectivity index (χ1n) is 10.7. The first-order chi connectivity index (χ1) is 14.6. The second kappa shape index (κ2) is 9.43. The van der Waals surface area contributed by atoms with Crippen LogP contribution in [0.2, 0.25) is 0 Å². The third-order valence-corrected chi connectivity index (χ3v) is 6.02. The van der Waals surface area contributed by atoms with Crippen LogP contribution in [0.15, 0.2) is 53.0 Å². The Labute approximate surface area is 176 Å². The van der Waals surface area contributed by atoms with Crippen LogP contribution < -0.4 is 10.6 Å². The Bertz CT molecular complexity index is 870. The molecular formula is C23H29FN4O2. The fourth-order valence-electron chi connectivity index (χ4n) is 4.18. The zero-order chi connectivity index (χ0) is 20.9. The zero-order valence-corrected chi connectivity index (χ0v) is 17.4. The van der Waals surface area contributed by atoms with Gasteiger partial charge in [-0.05, 0) is 61.7 Å². The Morgan fingerprint density at radius 3 is 2.97 bits per heavy atom. The lowest BCUT2D eigenvalue weighted by atomic mass is 10.0. The number of halogens is 1. The Hall–Kier alpha value is -2.67. The molecule has 0 spiro atoms. The van der Waals surface area contributed by atoms with E-state index in [2.05, 4.69) is 34.7 Å². The molecule has 1 aliphatic carbocycles. The van der Waals surface area contributed by atoms with Gasteiger partial charge in [-0.3, -0.25) is 4.98 Å². The molecule has 2 N–H and O–H groups in total. The number of hydrogen-bond donors (Lipinski definition) is 2. The van der Waals surface area contributed by atoms with E-state index in [0.717, 1.165) is 56.7 Å². The Kier molecular flexibility index (Phi) is 6.47. The number of amides is 2. The summed E-state index contributed by atoms with van der Waals surface area (Å²) in [5.74, 6) is 0.679. The number of nitrogens with zero attached hydrogens (tertiary/aromatic N) is 2. The Morgan fingerprint density at radius 1 is 1.37 bits per heavy atom. The largest absolute Gasteiger partial charge is 0.497 e. The van der Waals surface area contributed by atoms with Crippen molar-refractivity contribution in [2.24, 2.45) is 0 Å². The molecule has 0 aromatic carbocycles. The number of pyridine rings is 1. The molecule has 0 radical (unpaired) electrons. The quantitative estimate of drug-likeness (QED) is 0.778. The number of nitrogens with one attached hydrogen (secondary N) is 2. The van der Waals surface area contributed by atoms with Crippen LogP contribution in [0.3, 0.4) is 0 Å². The summed E-state index contributed by atoms with van der Waals surface area (Å²) in [6.45, 7) is 5.42. The summed E-state index contributed by atoms with van der Waals surface area (Å²) in [5, 5.41) is 6.45. The topological polar surface area (TPSA) is 66.5 Å². The molecule has 160 valence electrons. The van der Waals surface area contributed by atoms with Gasteiger partial charge in [0.25, 0.3) is 0 Å². The maximum absolute atomic E-state index is 13.2. The number of aromatic nitrogens is 1. The maximum Gasteiger partial charge on any atom is 0.318 e. The summed E-state index contributed by atoms with van der Waals surface area (Å²) in [4.78, 5) is 19.2. The van der Waals surface area contributed by atoms with Gasteiger partial charge in [-0.25, -0.2) is 9.18 Å². The van der Waals surface area contributed by atoms with Gasteiger partial charge in [-0.1, -0.05) is 12.2 Å². The number of carbonyl (C=O) groups excluding carboxylic acids is 1. The van der Waals surface area contributed by atoms with Crippen molar-refractivity contribution in [3.05, 3.63) is 64.5 Å². The molecule has 1 fully saturated rings. The van der Waals surface area contributed by atoms with Crippen molar-refractivity contribution in [2.45, 2.75) is 45.2 Å². The number of carbonyl (C=O) groups is 1. The summed E-state index contributed by atoms with van der Waals surface area (Å²) in [6, 6.07) is 3.06. The molecule has 4 rings (SSSR count). The van der Waals surface area contributed by atoms with Crippen molar-refractivity contribution in [1.82, 2.24) is 20.5 Å². The third kappa shape index (κ3) is 4.90. The molecule has 3 heterocycles. The minimum Gasteiger partial charge on any atom is -0.497 e. The molecule has 2 amide bonds. The number of piperidine rings is 1. The molecular weight excluding hydrogens is 383 g/mol. The van der Waals surface area contributed by atoms with Crippen LogP contribution in [0.1, 0.15) is 38.3 Å². The van der Waals surface area contributed by atoms with Crippen molar-refractivity contribution >= 4 is 6.03 Å². The highest BCUT2D eigenvalue weighted by atomic mass is 19.1. The van der Waals surface area contributed by atoms with Gasteiger partial charge in [0.15, 0.2) is 0 Å². The molecule has 2 aliphatic heterocycles. The van der Waals surface area contributed by atoms with E-state index in [0.29, 0.717) is 18.8 Å². The molecule has 6 nitrogen and oxygen atoms in total. The van der Waals surface area contributed by atoms with Crippen LogP contribution in [0.5, 0.6) is 0 Å². The number of hydrogen-bond acceptors (Lipinski definition) is 4. The van der Waals surface area contributed by atoms with Crippen molar-refractivity contribution in [1.29, 1.82) is 0 Å². The highest BCUT2D eigenvalue weighted by Crippen LogP contribution is 2.29. The average Bonchev–Trinajstić information content (AvgIpc) is 3.16. The van der Waals surface area contributed by atoms with Crippen LogP contribution in [0.4, 0.5) is 9.18 Å². The summed E-state index contributed by atoms with van der Waals surface area (Å²) < 4.78 is 18.9. The van der Waals surface area contributed by atoms with E-state index in [1.54, 1.807) is 6.07 Å². The normalized spacial score (nSPS) is 19.4. The Balaban J connectivity index is 1.46. The van der Waals surface area contributed by atoms with Gasteiger partial charge < -0.3 is 20.3 Å². The van der Waals surface area contributed by atoms with Gasteiger partial charge in [0.2, 0.25) is 0 Å². The minimum absolute atomic E-state index is 0.108. The monoisotopic (exact) mass is 412 g/mol. The van der Waals surface area contributed by atoms with Crippen LogP contribution in [-0.4, -0.2) is 48.2 Å². The van der Waals surface area contributed by atoms with Gasteiger partial charge in [0, 0.05) is 25.4 Å². The van der Waals surface area contributed by atoms with E-state index >= 15 is 0 Å². The van der Waals surface area contributed by atoms with E-state index in [9.17, 15) is 9.18 Å². The van der Waals surface area contributed by atoms with Crippen molar-refractivity contribution in [3.63, 3.8) is 0 Å². The predicted molar refractivity (Wildman–Crippen MR) is 113 cm³/mol. The maximum atomic E-state index is 13.2. The van der Waals surface area contributed by atoms with Crippen molar-refractivity contribution < 1.29 is 13.9 Å². The summed E-state index contributed by atoms with van der Waals surface area (Å²) in [5.41, 5.74) is 4.21. The summed E-state index contributed by atoms with van der Waals surface area (Å²) >= 11 is 0. The van der Waals surface area contributed by atoms with Crippen molar-refractivity contribution in [2.75, 3.05) is 26.2 Å². The molecule has 0 bridgehead atoms. The smallest absolute Gasteiger partial charge is 0.318 e. The van der Waals surface area contributed by atoms with E-state index in [-0.39, 0.29) is 17.9 Å².